The van der Waals surface area contributed by atoms with Gasteiger partial charge in [-0.15, -0.1) is 0 Å². The van der Waals surface area contributed by atoms with Gasteiger partial charge >= 0.3 is 0 Å². The molecule has 1 atom stereocenters. The molecule has 7 heteroatoms. The summed E-state index contributed by atoms with van der Waals surface area (Å²) in [6.45, 7) is 6.14. The first-order chi connectivity index (χ1) is 11.9. The third-order valence-electron chi connectivity index (χ3n) is 4.09. The molecule has 0 amide bonds. The number of rotatable bonds is 5. The van der Waals surface area contributed by atoms with Crippen LogP contribution in [0.15, 0.2) is 47.1 Å². The van der Waals surface area contributed by atoms with Crippen molar-refractivity contribution in [2.24, 2.45) is 10.7 Å². The molecule has 2 rings (SSSR count). The summed E-state index contributed by atoms with van der Waals surface area (Å²) in [6.07, 6.45) is 3.86. The van der Waals surface area contributed by atoms with E-state index in [1.165, 1.54) is 17.2 Å². The zero-order chi connectivity index (χ0) is 18.6. The Morgan fingerprint density at radius 1 is 1.48 bits per heavy atom. The smallest absolute Gasteiger partial charge is 0.191 e. The van der Waals surface area contributed by atoms with Crippen molar-refractivity contribution in [2.45, 2.75) is 19.4 Å². The Labute approximate surface area is 144 Å². The Bertz CT molecular complexity index is 788. The Kier molecular flexibility index (Phi) is 5.78. The maximum Gasteiger partial charge on any atom is 0.191 e. The van der Waals surface area contributed by atoms with Crippen molar-refractivity contribution < 1.29 is 13.6 Å². The second-order valence-electron chi connectivity index (χ2n) is 5.67. The lowest BCUT2D eigenvalue weighted by atomic mass is 9.90. The second-order valence-corrected chi connectivity index (χ2v) is 5.67. The van der Waals surface area contributed by atoms with E-state index in [4.69, 9.17) is 11.0 Å². The summed E-state index contributed by atoms with van der Waals surface area (Å²) in [5.41, 5.74) is 7.01. The predicted octanol–water partition coefficient (Wildman–Crippen LogP) is 2.56. The van der Waals surface area contributed by atoms with Crippen LogP contribution >= 0.6 is 0 Å². The highest BCUT2D eigenvalue weighted by Gasteiger charge is 2.30. The van der Waals surface area contributed by atoms with Gasteiger partial charge in [0.15, 0.2) is 12.0 Å². The van der Waals surface area contributed by atoms with E-state index in [-0.39, 0.29) is 12.3 Å². The fourth-order valence-electron chi connectivity index (χ4n) is 2.70. The molecular formula is C18H18F2N4O. The second kappa shape index (κ2) is 7.81. The van der Waals surface area contributed by atoms with Crippen LogP contribution in [-0.4, -0.2) is 35.5 Å². The van der Waals surface area contributed by atoms with Crippen LogP contribution in [0.1, 0.15) is 23.7 Å². The van der Waals surface area contributed by atoms with Gasteiger partial charge in [-0.05, 0) is 31.1 Å². The molecule has 1 aromatic rings. The average molecular weight is 344 g/mol. The fraction of sp³-hybridized carbons (Fsp3) is 0.278. The van der Waals surface area contributed by atoms with Crippen LogP contribution < -0.4 is 5.73 Å². The predicted molar refractivity (Wildman–Crippen MR) is 90.8 cm³/mol. The first-order valence-electron chi connectivity index (χ1n) is 7.66. The fourth-order valence-corrected chi connectivity index (χ4v) is 2.70. The highest BCUT2D eigenvalue weighted by molar-refractivity contribution is 6.22. The molecule has 0 aromatic heterocycles. The lowest BCUT2D eigenvalue weighted by Crippen LogP contribution is -2.43. The van der Waals surface area contributed by atoms with Crippen LogP contribution in [0, 0.1) is 23.1 Å². The van der Waals surface area contributed by atoms with Crippen molar-refractivity contribution in [3.05, 3.63) is 59.3 Å². The Hall–Kier alpha value is -2.85. The zero-order valence-electron chi connectivity index (χ0n) is 13.8. The molecule has 0 saturated heterocycles. The lowest BCUT2D eigenvalue weighted by Gasteiger charge is -2.28. The standard InChI is InChI=1S/C18H18F2N4O/c1-3-23-17(12-9-24(10-21)8-7-11(12)2)16(22)18(25)15-13(19)5-4-6-14(15)20/h3-6,16H,1,7-9,22H2,2H3. The molecule has 0 radical (unpaired) electrons. The van der Waals surface area contributed by atoms with Crippen LogP contribution in [0.4, 0.5) is 8.78 Å². The Morgan fingerprint density at radius 3 is 2.68 bits per heavy atom. The number of carbonyl (C=O) groups is 1. The summed E-state index contributed by atoms with van der Waals surface area (Å²) >= 11 is 0. The van der Waals surface area contributed by atoms with Crippen LogP contribution in [0.25, 0.3) is 0 Å². The Balaban J connectivity index is 2.44. The molecule has 1 aromatic carbocycles. The summed E-state index contributed by atoms with van der Waals surface area (Å²) in [5.74, 6) is -2.87. The van der Waals surface area contributed by atoms with E-state index in [1.54, 1.807) is 0 Å². The van der Waals surface area contributed by atoms with Crippen molar-refractivity contribution in [1.29, 1.82) is 5.26 Å². The minimum absolute atomic E-state index is 0.167. The van der Waals surface area contributed by atoms with Crippen molar-refractivity contribution in [2.75, 3.05) is 13.1 Å². The maximum absolute atomic E-state index is 13.9. The summed E-state index contributed by atoms with van der Waals surface area (Å²) in [5, 5.41) is 9.10. The van der Waals surface area contributed by atoms with Gasteiger partial charge in [-0.2, -0.15) is 5.26 Å². The summed E-state index contributed by atoms with van der Waals surface area (Å²) in [4.78, 5) is 18.2. The van der Waals surface area contributed by atoms with E-state index in [0.717, 1.165) is 17.7 Å². The highest BCUT2D eigenvalue weighted by Crippen LogP contribution is 2.22. The molecule has 2 N–H and O–H groups in total. The van der Waals surface area contributed by atoms with Gasteiger partial charge in [-0.3, -0.25) is 9.79 Å². The molecule has 0 bridgehead atoms. The minimum Gasteiger partial charge on any atom is -0.316 e. The quantitative estimate of drug-likeness (QED) is 0.505. The normalized spacial score (nSPS) is 16.4. The maximum atomic E-state index is 13.9. The first kappa shape index (κ1) is 18.5. The number of ketones is 1. The first-order valence-corrected chi connectivity index (χ1v) is 7.66. The molecule has 0 aliphatic carbocycles. The van der Waals surface area contributed by atoms with Gasteiger partial charge in [0.05, 0.1) is 17.8 Å². The largest absolute Gasteiger partial charge is 0.316 e. The van der Waals surface area contributed by atoms with Gasteiger partial charge in [-0.1, -0.05) is 18.2 Å². The van der Waals surface area contributed by atoms with E-state index in [9.17, 15) is 13.6 Å². The molecular weight excluding hydrogens is 326 g/mol. The number of nitrogens with zero attached hydrogens (tertiary/aromatic N) is 3. The molecule has 0 saturated carbocycles. The average Bonchev–Trinajstić information content (AvgIpc) is 2.59. The van der Waals surface area contributed by atoms with Crippen molar-refractivity contribution in [3.8, 4) is 6.19 Å². The summed E-state index contributed by atoms with van der Waals surface area (Å²) < 4.78 is 27.8. The molecule has 5 nitrogen and oxygen atoms in total. The molecule has 1 aliphatic rings. The third kappa shape index (κ3) is 3.80. The van der Waals surface area contributed by atoms with Crippen LogP contribution in [0.2, 0.25) is 0 Å². The molecule has 130 valence electrons. The molecule has 1 aliphatic heterocycles. The minimum atomic E-state index is -1.37. The van der Waals surface area contributed by atoms with Crippen LogP contribution in [0.3, 0.4) is 0 Å². The molecule has 1 unspecified atom stereocenters. The number of nitrogens with two attached hydrogens (primary N) is 1. The number of hydrogen-bond donors (Lipinski definition) is 1. The number of halogens is 2. The number of hydrogen-bond acceptors (Lipinski definition) is 5. The highest BCUT2D eigenvalue weighted by atomic mass is 19.1. The number of benzene rings is 1. The van der Waals surface area contributed by atoms with Crippen molar-refractivity contribution in [1.82, 2.24) is 4.90 Å². The number of nitriles is 1. The van der Waals surface area contributed by atoms with Gasteiger partial charge in [0.25, 0.3) is 0 Å². The topological polar surface area (TPSA) is 82.5 Å². The van der Waals surface area contributed by atoms with Gasteiger partial charge in [0.2, 0.25) is 0 Å². The van der Waals surface area contributed by atoms with Crippen molar-refractivity contribution in [3.63, 3.8) is 0 Å². The van der Waals surface area contributed by atoms with Crippen LogP contribution in [-0.2, 0) is 0 Å². The van der Waals surface area contributed by atoms with E-state index in [1.807, 2.05) is 13.1 Å². The Morgan fingerprint density at radius 2 is 2.12 bits per heavy atom. The summed E-state index contributed by atoms with van der Waals surface area (Å²) in [6, 6.07) is 1.80. The third-order valence-corrected chi connectivity index (χ3v) is 4.09. The van der Waals surface area contributed by atoms with Gasteiger partial charge in [0, 0.05) is 12.7 Å². The van der Waals surface area contributed by atoms with Gasteiger partial charge in [-0.25, -0.2) is 8.78 Å². The molecule has 0 fully saturated rings. The number of Topliss-reactive ketones (excluding diaryl/α,β-unsaturated/α-hetero) is 1. The van der Waals surface area contributed by atoms with E-state index < -0.39 is 29.0 Å². The molecule has 0 spiro atoms. The van der Waals surface area contributed by atoms with Gasteiger partial charge < -0.3 is 10.6 Å². The lowest BCUT2D eigenvalue weighted by molar-refractivity contribution is 0.0976. The number of aliphatic imine (C=N–C) groups is 1. The molecule has 25 heavy (non-hydrogen) atoms. The number of carbonyl (C=O) groups excluding carboxylic acids is 1. The van der Waals surface area contributed by atoms with Crippen LogP contribution in [0.5, 0.6) is 0 Å². The summed E-state index contributed by atoms with van der Waals surface area (Å²) in [7, 11) is 0. The monoisotopic (exact) mass is 344 g/mol. The van der Waals surface area contributed by atoms with Crippen molar-refractivity contribution >= 4 is 11.5 Å². The van der Waals surface area contributed by atoms with E-state index in [0.29, 0.717) is 18.5 Å². The zero-order valence-corrected chi connectivity index (χ0v) is 13.8. The van der Waals surface area contributed by atoms with E-state index >= 15 is 0 Å². The SMILES string of the molecule is C=CN=C(C1=C(C)CCN(C#N)C1)C(N)C(=O)c1c(F)cccc1F. The van der Waals surface area contributed by atoms with Gasteiger partial charge in [0.1, 0.15) is 17.7 Å². The van der Waals surface area contributed by atoms with E-state index in [2.05, 4.69) is 11.6 Å². The molecule has 1 heterocycles.